The van der Waals surface area contributed by atoms with Gasteiger partial charge in [-0.05, 0) is 19.1 Å². The predicted octanol–water partition coefficient (Wildman–Crippen LogP) is 1.93. The van der Waals surface area contributed by atoms with Gasteiger partial charge >= 0.3 is 0 Å². The molecule has 0 aliphatic carbocycles. The van der Waals surface area contributed by atoms with Crippen LogP contribution >= 0.6 is 11.6 Å². The number of nitrogen functional groups attached to an aromatic ring is 1. The largest absolute Gasteiger partial charge is 0.461 e. The fourth-order valence-corrected chi connectivity index (χ4v) is 1.66. The Balaban J connectivity index is 2.30. The zero-order valence-corrected chi connectivity index (χ0v) is 9.64. The molecule has 0 atom stereocenters. The maximum Gasteiger partial charge on any atom is 0.256 e. The zero-order chi connectivity index (χ0) is 12.0. The SMILES string of the molecule is Cc1c(Cl)nc2nc(-c3ccco3)nn2c1N. The number of aromatic nitrogens is 4. The van der Waals surface area contributed by atoms with Crippen LogP contribution in [0.5, 0.6) is 0 Å². The van der Waals surface area contributed by atoms with Gasteiger partial charge in [-0.2, -0.15) is 14.5 Å². The molecule has 3 heterocycles. The molecule has 0 aliphatic rings. The topological polar surface area (TPSA) is 82.2 Å². The Hall–Kier alpha value is -2.08. The van der Waals surface area contributed by atoms with E-state index in [1.165, 1.54) is 4.52 Å². The smallest absolute Gasteiger partial charge is 0.256 e. The second-order valence-electron chi connectivity index (χ2n) is 3.54. The molecule has 3 aromatic heterocycles. The van der Waals surface area contributed by atoms with Crippen LogP contribution in [0.15, 0.2) is 22.8 Å². The van der Waals surface area contributed by atoms with E-state index in [1.807, 2.05) is 0 Å². The fourth-order valence-electron chi connectivity index (χ4n) is 1.48. The van der Waals surface area contributed by atoms with E-state index in [-0.39, 0.29) is 0 Å². The summed E-state index contributed by atoms with van der Waals surface area (Å²) in [5.41, 5.74) is 6.57. The minimum absolute atomic E-state index is 0.327. The van der Waals surface area contributed by atoms with Crippen molar-refractivity contribution < 1.29 is 4.42 Å². The Kier molecular flexibility index (Phi) is 2.05. The van der Waals surface area contributed by atoms with Crippen LogP contribution in [0.2, 0.25) is 5.15 Å². The van der Waals surface area contributed by atoms with Gasteiger partial charge in [0.25, 0.3) is 5.78 Å². The monoisotopic (exact) mass is 249 g/mol. The van der Waals surface area contributed by atoms with Gasteiger partial charge in [0, 0.05) is 5.56 Å². The van der Waals surface area contributed by atoms with E-state index in [4.69, 9.17) is 21.8 Å². The first kappa shape index (κ1) is 10.1. The molecule has 3 rings (SSSR count). The molecule has 0 radical (unpaired) electrons. The Morgan fingerprint density at radius 3 is 2.94 bits per heavy atom. The van der Waals surface area contributed by atoms with Crippen molar-refractivity contribution in [1.29, 1.82) is 0 Å². The highest BCUT2D eigenvalue weighted by Gasteiger charge is 2.14. The van der Waals surface area contributed by atoms with Crippen LogP contribution in [0.4, 0.5) is 5.82 Å². The molecular weight excluding hydrogens is 242 g/mol. The van der Waals surface area contributed by atoms with Gasteiger partial charge in [-0.25, -0.2) is 0 Å². The van der Waals surface area contributed by atoms with Crippen molar-refractivity contribution in [3.63, 3.8) is 0 Å². The summed E-state index contributed by atoms with van der Waals surface area (Å²) >= 11 is 5.93. The number of fused-ring (bicyclic) bond motifs is 1. The van der Waals surface area contributed by atoms with Crippen molar-refractivity contribution in [3.8, 4) is 11.6 Å². The summed E-state index contributed by atoms with van der Waals surface area (Å²) < 4.78 is 6.65. The van der Waals surface area contributed by atoms with Gasteiger partial charge in [0.15, 0.2) is 5.76 Å². The molecule has 86 valence electrons. The summed E-state index contributed by atoms with van der Waals surface area (Å²) in [6.45, 7) is 1.78. The summed E-state index contributed by atoms with van der Waals surface area (Å²) in [6, 6.07) is 3.52. The molecule has 0 saturated heterocycles. The van der Waals surface area contributed by atoms with E-state index in [0.717, 1.165) is 0 Å². The lowest BCUT2D eigenvalue weighted by atomic mass is 10.3. The van der Waals surface area contributed by atoms with E-state index in [9.17, 15) is 0 Å². The van der Waals surface area contributed by atoms with Gasteiger partial charge in [0.1, 0.15) is 11.0 Å². The van der Waals surface area contributed by atoms with Gasteiger partial charge in [-0.3, -0.25) is 0 Å². The zero-order valence-electron chi connectivity index (χ0n) is 8.88. The van der Waals surface area contributed by atoms with Crippen LogP contribution in [0, 0.1) is 6.92 Å². The van der Waals surface area contributed by atoms with Gasteiger partial charge in [-0.1, -0.05) is 11.6 Å². The van der Waals surface area contributed by atoms with E-state index >= 15 is 0 Å². The van der Waals surface area contributed by atoms with Crippen LogP contribution in [0.25, 0.3) is 17.4 Å². The summed E-state index contributed by atoms with van der Waals surface area (Å²) in [6.07, 6.45) is 1.55. The lowest BCUT2D eigenvalue weighted by molar-refractivity contribution is 0.577. The molecular formula is C10H8ClN5O. The van der Waals surface area contributed by atoms with Crippen molar-refractivity contribution in [2.75, 3.05) is 5.73 Å². The molecule has 17 heavy (non-hydrogen) atoms. The minimum Gasteiger partial charge on any atom is -0.461 e. The highest BCUT2D eigenvalue weighted by Crippen LogP contribution is 2.22. The number of hydrogen-bond acceptors (Lipinski definition) is 5. The molecule has 2 N–H and O–H groups in total. The van der Waals surface area contributed by atoms with E-state index < -0.39 is 0 Å². The van der Waals surface area contributed by atoms with Gasteiger partial charge in [0.2, 0.25) is 5.82 Å². The lowest BCUT2D eigenvalue weighted by Gasteiger charge is -2.02. The van der Waals surface area contributed by atoms with Crippen LogP contribution in [0.3, 0.4) is 0 Å². The second kappa shape index (κ2) is 3.46. The van der Waals surface area contributed by atoms with Crippen molar-refractivity contribution >= 4 is 23.2 Å². The maximum atomic E-state index is 5.93. The molecule has 0 spiro atoms. The first-order valence-electron chi connectivity index (χ1n) is 4.89. The number of halogens is 1. The van der Waals surface area contributed by atoms with Crippen LogP contribution in [0.1, 0.15) is 5.56 Å². The summed E-state index contributed by atoms with van der Waals surface area (Å²) in [5, 5.41) is 4.55. The summed E-state index contributed by atoms with van der Waals surface area (Å²) in [7, 11) is 0. The second-order valence-corrected chi connectivity index (χ2v) is 3.90. The average Bonchev–Trinajstić information content (AvgIpc) is 2.93. The Morgan fingerprint density at radius 1 is 1.41 bits per heavy atom. The lowest BCUT2D eigenvalue weighted by Crippen LogP contribution is -2.03. The van der Waals surface area contributed by atoms with Gasteiger partial charge < -0.3 is 10.2 Å². The normalized spacial score (nSPS) is 11.2. The number of rotatable bonds is 1. The Bertz CT molecular complexity index is 688. The maximum absolute atomic E-state index is 5.93. The average molecular weight is 250 g/mol. The number of nitrogens with zero attached hydrogens (tertiary/aromatic N) is 4. The quantitative estimate of drug-likeness (QED) is 0.667. The molecule has 0 unspecified atom stereocenters. The number of nitrogens with two attached hydrogens (primary N) is 1. The van der Waals surface area contributed by atoms with E-state index in [1.54, 1.807) is 25.3 Å². The van der Waals surface area contributed by atoms with Crippen LogP contribution < -0.4 is 5.73 Å². The Labute approximate surface area is 101 Å². The van der Waals surface area contributed by atoms with Crippen molar-refractivity contribution in [1.82, 2.24) is 19.6 Å². The Morgan fingerprint density at radius 2 is 2.24 bits per heavy atom. The third kappa shape index (κ3) is 1.45. The highest BCUT2D eigenvalue weighted by atomic mass is 35.5. The van der Waals surface area contributed by atoms with Crippen LogP contribution in [-0.2, 0) is 0 Å². The third-order valence-corrected chi connectivity index (χ3v) is 2.82. The summed E-state index contributed by atoms with van der Waals surface area (Å²) in [5.74, 6) is 1.76. The molecule has 3 aromatic rings. The number of furan rings is 1. The van der Waals surface area contributed by atoms with Crippen LogP contribution in [-0.4, -0.2) is 19.6 Å². The molecule has 0 bridgehead atoms. The molecule has 0 aliphatic heterocycles. The summed E-state index contributed by atoms with van der Waals surface area (Å²) in [4.78, 5) is 8.30. The third-order valence-electron chi connectivity index (χ3n) is 2.45. The first-order valence-corrected chi connectivity index (χ1v) is 5.27. The number of anilines is 1. The minimum atomic E-state index is 0.327. The van der Waals surface area contributed by atoms with Crippen molar-refractivity contribution in [2.24, 2.45) is 0 Å². The predicted molar refractivity (Wildman–Crippen MR) is 62.6 cm³/mol. The standard InChI is InChI=1S/C10H8ClN5O/c1-5-7(11)13-10-14-9(6-3-2-4-17-6)15-16(10)8(5)12/h2-4H,12H2,1H3. The fraction of sp³-hybridized carbons (Fsp3) is 0.100. The highest BCUT2D eigenvalue weighted by molar-refractivity contribution is 6.30. The van der Waals surface area contributed by atoms with E-state index in [2.05, 4.69) is 15.1 Å². The molecule has 0 amide bonds. The molecule has 7 heteroatoms. The van der Waals surface area contributed by atoms with Crippen molar-refractivity contribution in [2.45, 2.75) is 6.92 Å². The first-order chi connectivity index (χ1) is 8.16. The molecule has 0 saturated carbocycles. The molecule has 0 aromatic carbocycles. The van der Waals surface area contributed by atoms with Gasteiger partial charge in [-0.15, -0.1) is 5.10 Å². The van der Waals surface area contributed by atoms with E-state index in [0.29, 0.717) is 33.9 Å². The van der Waals surface area contributed by atoms with Crippen molar-refractivity contribution in [3.05, 3.63) is 29.1 Å². The molecule has 0 fully saturated rings. The number of hydrogen-bond donors (Lipinski definition) is 1. The van der Waals surface area contributed by atoms with Gasteiger partial charge in [0.05, 0.1) is 6.26 Å². The molecule has 6 nitrogen and oxygen atoms in total.